The van der Waals surface area contributed by atoms with E-state index < -0.39 is 0 Å². The Morgan fingerprint density at radius 1 is 1.09 bits per heavy atom. The van der Waals surface area contributed by atoms with Crippen molar-refractivity contribution < 1.29 is 9.47 Å². The second-order valence-corrected chi connectivity index (χ2v) is 8.66. The molecule has 1 aliphatic rings. The molecule has 0 aliphatic heterocycles. The minimum Gasteiger partial charge on any atom is -0.383 e. The van der Waals surface area contributed by atoms with E-state index in [1.807, 2.05) is 0 Å². The van der Waals surface area contributed by atoms with Crippen LogP contribution in [-0.2, 0) is 22.3 Å². The SMILES string of the molecule is COCCN(CCOC)CCc1c(C)[nH]c(Cc2nccnc2-c2c[nH][nH]c2=O)c1C1CC1. The highest BCUT2D eigenvalue weighted by Crippen LogP contribution is 2.45. The van der Waals surface area contributed by atoms with Crippen LogP contribution >= 0.6 is 0 Å². The van der Waals surface area contributed by atoms with Crippen molar-refractivity contribution in [2.24, 2.45) is 0 Å². The third-order valence-electron chi connectivity index (χ3n) is 6.35. The van der Waals surface area contributed by atoms with Crippen molar-refractivity contribution in [3.8, 4) is 11.3 Å². The van der Waals surface area contributed by atoms with Crippen LogP contribution in [0.15, 0.2) is 23.4 Å². The summed E-state index contributed by atoms with van der Waals surface area (Å²) in [6.45, 7) is 6.33. The molecule has 3 aromatic rings. The molecule has 3 N–H and O–H groups in total. The van der Waals surface area contributed by atoms with E-state index in [1.54, 1.807) is 32.8 Å². The zero-order valence-corrected chi connectivity index (χ0v) is 19.7. The van der Waals surface area contributed by atoms with Crippen LogP contribution in [0.1, 0.15) is 47.0 Å². The molecule has 1 saturated carbocycles. The van der Waals surface area contributed by atoms with Crippen LogP contribution < -0.4 is 5.56 Å². The van der Waals surface area contributed by atoms with Crippen molar-refractivity contribution in [3.63, 3.8) is 0 Å². The Morgan fingerprint density at radius 3 is 2.45 bits per heavy atom. The highest BCUT2D eigenvalue weighted by Gasteiger charge is 2.31. The number of rotatable bonds is 13. The molecular formula is C24H34N6O3. The second-order valence-electron chi connectivity index (χ2n) is 8.66. The molecule has 4 rings (SSSR count). The van der Waals surface area contributed by atoms with E-state index in [1.165, 1.54) is 35.4 Å². The zero-order chi connectivity index (χ0) is 23.2. The smallest absolute Gasteiger partial charge is 0.273 e. The summed E-state index contributed by atoms with van der Waals surface area (Å²) in [6, 6.07) is 0. The van der Waals surface area contributed by atoms with Gasteiger partial charge in [-0.3, -0.25) is 24.8 Å². The van der Waals surface area contributed by atoms with Crippen LogP contribution in [0.2, 0.25) is 0 Å². The Hall–Kier alpha value is -2.75. The van der Waals surface area contributed by atoms with Gasteiger partial charge in [0.05, 0.1) is 30.2 Å². The largest absolute Gasteiger partial charge is 0.383 e. The molecule has 0 aromatic carbocycles. The predicted octanol–water partition coefficient (Wildman–Crippen LogP) is 2.40. The van der Waals surface area contributed by atoms with Gasteiger partial charge in [0.15, 0.2) is 0 Å². The fraction of sp³-hybridized carbons (Fsp3) is 0.542. The number of nitrogens with zero attached hydrogens (tertiary/aromatic N) is 3. The molecule has 178 valence electrons. The number of aryl methyl sites for hydroxylation is 1. The average Bonchev–Trinajstić information content (AvgIpc) is 3.49. The summed E-state index contributed by atoms with van der Waals surface area (Å²) in [5, 5.41) is 5.35. The van der Waals surface area contributed by atoms with Crippen molar-refractivity contribution in [3.05, 3.63) is 57.2 Å². The average molecular weight is 455 g/mol. The Balaban J connectivity index is 1.57. The summed E-state index contributed by atoms with van der Waals surface area (Å²) in [5.74, 6) is 0.599. The summed E-state index contributed by atoms with van der Waals surface area (Å²) in [4.78, 5) is 27.3. The molecule has 0 atom stereocenters. The number of hydrogen-bond donors (Lipinski definition) is 3. The molecule has 1 fully saturated rings. The van der Waals surface area contributed by atoms with E-state index in [-0.39, 0.29) is 5.56 Å². The molecule has 33 heavy (non-hydrogen) atoms. The first kappa shape index (κ1) is 23.4. The van der Waals surface area contributed by atoms with Gasteiger partial charge in [0.1, 0.15) is 0 Å². The highest BCUT2D eigenvalue weighted by atomic mass is 16.5. The summed E-state index contributed by atoms with van der Waals surface area (Å²) in [5.41, 5.74) is 7.02. The highest BCUT2D eigenvalue weighted by molar-refractivity contribution is 5.60. The predicted molar refractivity (Wildman–Crippen MR) is 127 cm³/mol. The van der Waals surface area contributed by atoms with E-state index in [0.717, 1.165) is 31.7 Å². The van der Waals surface area contributed by atoms with Crippen LogP contribution in [0.3, 0.4) is 0 Å². The topological polar surface area (TPSA) is 112 Å². The van der Waals surface area contributed by atoms with Gasteiger partial charge in [-0.25, -0.2) is 0 Å². The van der Waals surface area contributed by atoms with Gasteiger partial charge >= 0.3 is 0 Å². The van der Waals surface area contributed by atoms with Crippen LogP contribution in [0.5, 0.6) is 0 Å². The number of aromatic nitrogens is 5. The van der Waals surface area contributed by atoms with Gasteiger partial charge in [0, 0.05) is 70.3 Å². The van der Waals surface area contributed by atoms with E-state index in [4.69, 9.17) is 9.47 Å². The lowest BCUT2D eigenvalue weighted by molar-refractivity contribution is 0.115. The van der Waals surface area contributed by atoms with Gasteiger partial charge in [0.25, 0.3) is 5.56 Å². The van der Waals surface area contributed by atoms with Crippen molar-refractivity contribution in [2.75, 3.05) is 47.1 Å². The molecule has 0 amide bonds. The quantitative estimate of drug-likeness (QED) is 0.366. The van der Waals surface area contributed by atoms with Gasteiger partial charge in [-0.1, -0.05) is 0 Å². The monoisotopic (exact) mass is 454 g/mol. The van der Waals surface area contributed by atoms with Crippen molar-refractivity contribution >= 4 is 0 Å². The molecule has 0 radical (unpaired) electrons. The maximum Gasteiger partial charge on any atom is 0.273 e. The van der Waals surface area contributed by atoms with Crippen molar-refractivity contribution in [1.82, 2.24) is 30.0 Å². The Kier molecular flexibility index (Phi) is 7.74. The lowest BCUT2D eigenvalue weighted by Gasteiger charge is -2.22. The van der Waals surface area contributed by atoms with Gasteiger partial charge in [0.2, 0.25) is 0 Å². The first-order valence-corrected chi connectivity index (χ1v) is 11.6. The molecule has 3 aromatic heterocycles. The minimum atomic E-state index is -0.185. The summed E-state index contributed by atoms with van der Waals surface area (Å²) < 4.78 is 10.6. The van der Waals surface area contributed by atoms with Crippen LogP contribution in [0.4, 0.5) is 0 Å². The third-order valence-corrected chi connectivity index (χ3v) is 6.35. The van der Waals surface area contributed by atoms with E-state index >= 15 is 0 Å². The molecule has 3 heterocycles. The first-order chi connectivity index (χ1) is 16.1. The molecule has 0 spiro atoms. The minimum absolute atomic E-state index is 0.185. The van der Waals surface area contributed by atoms with E-state index in [9.17, 15) is 4.79 Å². The fourth-order valence-corrected chi connectivity index (χ4v) is 4.50. The maximum absolute atomic E-state index is 12.2. The van der Waals surface area contributed by atoms with Crippen molar-refractivity contribution in [1.29, 1.82) is 0 Å². The number of ether oxygens (including phenoxy) is 2. The summed E-state index contributed by atoms with van der Waals surface area (Å²) >= 11 is 0. The molecular weight excluding hydrogens is 420 g/mol. The number of methoxy groups -OCH3 is 2. The second kappa shape index (κ2) is 10.9. The number of H-pyrrole nitrogens is 3. The van der Waals surface area contributed by atoms with Gasteiger partial charge < -0.3 is 19.6 Å². The van der Waals surface area contributed by atoms with Gasteiger partial charge in [-0.15, -0.1) is 0 Å². The Bertz CT molecular complexity index is 1090. The van der Waals surface area contributed by atoms with Gasteiger partial charge in [-0.2, -0.15) is 0 Å². The van der Waals surface area contributed by atoms with Crippen LogP contribution in [-0.4, -0.2) is 77.1 Å². The standard InChI is InChI=1S/C24H34N6O3/c1-16-18(6-9-30(10-12-32-2)11-13-33-3)22(17-4-5-17)20(28-16)14-21-23(26-8-7-25-21)19-15-27-29-24(19)31/h7-8,15,17,28H,4-6,9-14H2,1-3H3,(H2,27,29,31). The van der Waals surface area contributed by atoms with Crippen LogP contribution in [0.25, 0.3) is 11.3 Å². The lowest BCUT2D eigenvalue weighted by Crippen LogP contribution is -2.32. The Morgan fingerprint density at radius 2 is 1.82 bits per heavy atom. The number of hydrogen-bond acceptors (Lipinski definition) is 6. The summed E-state index contributed by atoms with van der Waals surface area (Å²) in [7, 11) is 3.48. The lowest BCUT2D eigenvalue weighted by atomic mass is 9.98. The fourth-order valence-electron chi connectivity index (χ4n) is 4.50. The Labute approximate surface area is 193 Å². The van der Waals surface area contributed by atoms with Crippen molar-refractivity contribution in [2.45, 2.75) is 38.5 Å². The molecule has 0 bridgehead atoms. The summed E-state index contributed by atoms with van der Waals surface area (Å²) in [6.07, 6.45) is 9.02. The molecule has 0 unspecified atom stereocenters. The first-order valence-electron chi connectivity index (χ1n) is 11.6. The van der Waals surface area contributed by atoms with E-state index in [0.29, 0.717) is 36.8 Å². The normalized spacial score (nSPS) is 13.8. The van der Waals surface area contributed by atoms with Gasteiger partial charge in [-0.05, 0) is 43.2 Å². The van der Waals surface area contributed by atoms with E-state index in [2.05, 4.69) is 37.0 Å². The number of aromatic amines is 3. The molecule has 0 saturated heterocycles. The maximum atomic E-state index is 12.2. The number of nitrogens with one attached hydrogen (secondary N) is 3. The molecule has 9 nitrogen and oxygen atoms in total. The third kappa shape index (κ3) is 5.61. The molecule has 9 heteroatoms. The molecule has 1 aliphatic carbocycles. The van der Waals surface area contributed by atoms with Crippen LogP contribution in [0, 0.1) is 6.92 Å². The zero-order valence-electron chi connectivity index (χ0n) is 19.7.